The molecule has 0 spiro atoms. The van der Waals surface area contributed by atoms with Gasteiger partial charge in [-0.1, -0.05) is 25.7 Å². The van der Waals surface area contributed by atoms with Gasteiger partial charge in [-0.2, -0.15) is 0 Å². The van der Waals surface area contributed by atoms with Crippen LogP contribution in [-0.4, -0.2) is 6.29 Å². The van der Waals surface area contributed by atoms with E-state index in [0.29, 0.717) is 5.92 Å². The molecule has 1 heteroatoms. The zero-order chi connectivity index (χ0) is 10.2. The van der Waals surface area contributed by atoms with E-state index in [1.165, 1.54) is 12.8 Å². The van der Waals surface area contributed by atoms with Crippen LogP contribution in [0.5, 0.6) is 0 Å². The van der Waals surface area contributed by atoms with Gasteiger partial charge in [0.2, 0.25) is 0 Å². The highest BCUT2D eigenvalue weighted by molar-refractivity contribution is 5.83. The molecule has 0 atom stereocenters. The molecule has 1 aliphatic rings. The SMILES string of the molecule is CCCCCC#C[C]1[CH][CH][CH][C]1C=O. The van der Waals surface area contributed by atoms with Gasteiger partial charge in [-0.05, 0) is 25.7 Å². The van der Waals surface area contributed by atoms with E-state index in [4.69, 9.17) is 0 Å². The third kappa shape index (κ3) is 3.54. The second kappa shape index (κ2) is 6.65. The lowest BCUT2D eigenvalue weighted by Crippen LogP contribution is -2.02. The summed E-state index contributed by atoms with van der Waals surface area (Å²) >= 11 is 0. The van der Waals surface area contributed by atoms with Gasteiger partial charge in [-0.25, -0.2) is 0 Å². The third-order valence-corrected chi connectivity index (χ3v) is 2.11. The van der Waals surface area contributed by atoms with E-state index in [9.17, 15) is 4.79 Å². The molecule has 0 saturated heterocycles. The Hall–Kier alpha value is -0.770. The molecule has 0 heterocycles. The van der Waals surface area contributed by atoms with Crippen LogP contribution in [0, 0.1) is 42.9 Å². The smallest absolute Gasteiger partial charge is 0.129 e. The number of carbonyl (C=O) groups is 1. The van der Waals surface area contributed by atoms with Crippen molar-refractivity contribution in [1.82, 2.24) is 0 Å². The standard InChI is InChI=1S/C13H15O/c1-2-3-4-5-6-8-12-9-7-10-13(12)11-14/h7,9-11H,2-5H2,1H3. The maximum absolute atomic E-state index is 10.6. The highest BCUT2D eigenvalue weighted by Gasteiger charge is 2.27. The summed E-state index contributed by atoms with van der Waals surface area (Å²) in [7, 11) is 0. The Morgan fingerprint density at radius 1 is 1.36 bits per heavy atom. The monoisotopic (exact) mass is 187 g/mol. The average molecular weight is 187 g/mol. The number of rotatable bonds is 4. The molecular formula is C13H15O. The van der Waals surface area contributed by atoms with Crippen molar-refractivity contribution in [2.45, 2.75) is 32.6 Å². The van der Waals surface area contributed by atoms with Crippen LogP contribution < -0.4 is 0 Å². The Bertz CT molecular complexity index is 221. The fourth-order valence-electron chi connectivity index (χ4n) is 1.27. The van der Waals surface area contributed by atoms with Crippen molar-refractivity contribution < 1.29 is 4.79 Å². The third-order valence-electron chi connectivity index (χ3n) is 2.11. The second-order valence-electron chi connectivity index (χ2n) is 3.27. The Kier molecular flexibility index (Phi) is 5.37. The molecule has 5 radical (unpaired) electrons. The van der Waals surface area contributed by atoms with E-state index in [-0.39, 0.29) is 0 Å². The van der Waals surface area contributed by atoms with Crippen LogP contribution in [0.2, 0.25) is 0 Å². The number of carbonyl (C=O) groups excluding carboxylic acids is 1. The van der Waals surface area contributed by atoms with Crippen molar-refractivity contribution in [3.63, 3.8) is 0 Å². The lowest BCUT2D eigenvalue weighted by Gasteiger charge is -2.02. The Morgan fingerprint density at radius 3 is 2.93 bits per heavy atom. The van der Waals surface area contributed by atoms with Gasteiger partial charge in [0.15, 0.2) is 0 Å². The zero-order valence-corrected chi connectivity index (χ0v) is 8.55. The average Bonchev–Trinajstić information content (AvgIpc) is 2.65. The van der Waals surface area contributed by atoms with Gasteiger partial charge in [0, 0.05) is 6.42 Å². The molecule has 0 amide bonds. The van der Waals surface area contributed by atoms with Crippen molar-refractivity contribution >= 4 is 6.29 Å². The van der Waals surface area contributed by atoms with Gasteiger partial charge in [-0.3, -0.25) is 0 Å². The van der Waals surface area contributed by atoms with Crippen LogP contribution in [0.25, 0.3) is 0 Å². The van der Waals surface area contributed by atoms with Crippen LogP contribution in [-0.2, 0) is 4.79 Å². The number of hydrogen-bond donors (Lipinski definition) is 0. The van der Waals surface area contributed by atoms with Gasteiger partial charge in [0.1, 0.15) is 6.29 Å². The van der Waals surface area contributed by atoms with E-state index in [1.54, 1.807) is 6.42 Å². The van der Waals surface area contributed by atoms with E-state index >= 15 is 0 Å². The van der Waals surface area contributed by atoms with Gasteiger partial charge in [0.25, 0.3) is 0 Å². The first-order valence-corrected chi connectivity index (χ1v) is 5.08. The summed E-state index contributed by atoms with van der Waals surface area (Å²) in [6.07, 6.45) is 10.9. The first-order chi connectivity index (χ1) is 6.88. The highest BCUT2D eigenvalue weighted by Crippen LogP contribution is 2.30. The predicted molar refractivity (Wildman–Crippen MR) is 57.4 cm³/mol. The maximum atomic E-state index is 10.6. The first-order valence-electron chi connectivity index (χ1n) is 5.08. The summed E-state index contributed by atoms with van der Waals surface area (Å²) in [6, 6.07) is 0. The second-order valence-corrected chi connectivity index (χ2v) is 3.27. The van der Waals surface area contributed by atoms with Gasteiger partial charge in [-0.15, -0.1) is 5.92 Å². The van der Waals surface area contributed by atoms with Crippen molar-refractivity contribution in [2.75, 3.05) is 0 Å². The predicted octanol–water partition coefficient (Wildman–Crippen LogP) is 2.54. The maximum Gasteiger partial charge on any atom is 0.129 e. The summed E-state index contributed by atoms with van der Waals surface area (Å²) in [6.45, 7) is 2.18. The van der Waals surface area contributed by atoms with Crippen LogP contribution in [0.15, 0.2) is 0 Å². The van der Waals surface area contributed by atoms with Crippen molar-refractivity contribution in [3.8, 4) is 11.8 Å². The number of unbranched alkanes of at least 4 members (excludes halogenated alkanes) is 3. The summed E-state index contributed by atoms with van der Waals surface area (Å²) in [5.74, 6) is 7.67. The minimum Gasteiger partial charge on any atom is -0.303 e. The largest absolute Gasteiger partial charge is 0.303 e. The molecule has 1 aliphatic carbocycles. The topological polar surface area (TPSA) is 17.1 Å². The molecule has 0 aromatic heterocycles. The molecule has 1 nitrogen and oxygen atoms in total. The number of aldehydes is 1. The Morgan fingerprint density at radius 2 is 2.21 bits per heavy atom. The molecule has 0 aromatic rings. The molecule has 0 aliphatic heterocycles. The van der Waals surface area contributed by atoms with E-state index in [2.05, 4.69) is 18.8 Å². The normalized spacial score (nSPS) is 17.8. The molecular weight excluding hydrogens is 172 g/mol. The van der Waals surface area contributed by atoms with Crippen LogP contribution in [0.4, 0.5) is 0 Å². The quantitative estimate of drug-likeness (QED) is 0.375. The highest BCUT2D eigenvalue weighted by atomic mass is 16.1. The zero-order valence-electron chi connectivity index (χ0n) is 8.55. The van der Waals surface area contributed by atoms with Crippen LogP contribution in [0.1, 0.15) is 32.6 Å². The molecule has 73 valence electrons. The van der Waals surface area contributed by atoms with Crippen LogP contribution in [0.3, 0.4) is 0 Å². The summed E-state index contributed by atoms with van der Waals surface area (Å²) < 4.78 is 0. The lowest BCUT2D eigenvalue weighted by atomic mass is 9.98. The van der Waals surface area contributed by atoms with Crippen molar-refractivity contribution in [3.05, 3.63) is 31.1 Å². The fraction of sp³-hybridized carbons (Fsp3) is 0.385. The minimum atomic E-state index is 0.702. The summed E-state index contributed by atoms with van der Waals surface area (Å²) in [5.41, 5.74) is 0. The molecule has 0 aromatic carbocycles. The molecule has 14 heavy (non-hydrogen) atoms. The fourth-order valence-corrected chi connectivity index (χ4v) is 1.27. The summed E-state index contributed by atoms with van der Waals surface area (Å²) in [5, 5.41) is 0. The van der Waals surface area contributed by atoms with Gasteiger partial charge < -0.3 is 4.79 Å². The number of hydrogen-bond acceptors (Lipinski definition) is 1. The van der Waals surface area contributed by atoms with Crippen LogP contribution >= 0.6 is 0 Å². The van der Waals surface area contributed by atoms with E-state index in [1.807, 2.05) is 12.8 Å². The first kappa shape index (κ1) is 11.3. The molecule has 1 rings (SSSR count). The Labute approximate surface area is 87.3 Å². The van der Waals surface area contributed by atoms with E-state index in [0.717, 1.165) is 25.0 Å². The molecule has 1 fully saturated rings. The minimum absolute atomic E-state index is 0.702. The van der Waals surface area contributed by atoms with E-state index < -0.39 is 0 Å². The van der Waals surface area contributed by atoms with Crippen molar-refractivity contribution in [1.29, 1.82) is 0 Å². The van der Waals surface area contributed by atoms with Gasteiger partial charge >= 0.3 is 0 Å². The van der Waals surface area contributed by atoms with Crippen molar-refractivity contribution in [2.24, 2.45) is 0 Å². The summed E-state index contributed by atoms with van der Waals surface area (Å²) in [4.78, 5) is 10.6. The molecule has 1 saturated carbocycles. The lowest BCUT2D eigenvalue weighted by molar-refractivity contribution is -0.105. The molecule has 0 N–H and O–H groups in total. The molecule has 0 unspecified atom stereocenters. The molecule has 0 bridgehead atoms. The van der Waals surface area contributed by atoms with Gasteiger partial charge in [0.05, 0.1) is 11.8 Å². The Balaban J connectivity index is 2.24.